The van der Waals surface area contributed by atoms with E-state index in [0.717, 1.165) is 17.7 Å². The summed E-state index contributed by atoms with van der Waals surface area (Å²) in [6.45, 7) is 0.468. The number of pyridine rings is 1. The van der Waals surface area contributed by atoms with Crippen LogP contribution >= 0.6 is 0 Å². The van der Waals surface area contributed by atoms with Crippen molar-refractivity contribution in [2.24, 2.45) is 5.92 Å². The van der Waals surface area contributed by atoms with Gasteiger partial charge in [0.15, 0.2) is 0 Å². The van der Waals surface area contributed by atoms with E-state index >= 15 is 0 Å². The van der Waals surface area contributed by atoms with Gasteiger partial charge >= 0.3 is 6.18 Å². The fourth-order valence-corrected chi connectivity index (χ4v) is 2.08. The normalized spacial score (nSPS) is 17.1. The van der Waals surface area contributed by atoms with Crippen molar-refractivity contribution in [2.45, 2.75) is 32.0 Å². The topological polar surface area (TPSA) is 33.2 Å². The summed E-state index contributed by atoms with van der Waals surface area (Å²) in [5.74, 6) is -0.423. The first-order chi connectivity index (χ1) is 8.88. The van der Waals surface area contributed by atoms with E-state index in [1.54, 1.807) is 13.0 Å². The summed E-state index contributed by atoms with van der Waals surface area (Å²) >= 11 is 0. The van der Waals surface area contributed by atoms with Gasteiger partial charge in [-0.1, -0.05) is 0 Å². The van der Waals surface area contributed by atoms with Crippen LogP contribution in [0.3, 0.4) is 0 Å². The molecule has 0 spiro atoms. The monoisotopic (exact) mass is 272 g/mol. The quantitative estimate of drug-likeness (QED) is 0.844. The maximum absolute atomic E-state index is 12.6. The van der Waals surface area contributed by atoms with E-state index in [9.17, 15) is 18.0 Å². The third-order valence-corrected chi connectivity index (χ3v) is 3.31. The minimum atomic E-state index is -4.39. The molecule has 0 aliphatic heterocycles. The van der Waals surface area contributed by atoms with Crippen LogP contribution in [0.5, 0.6) is 0 Å². The standard InChI is InChI=1S/C13H15F3N2O/c1-9(10-4-5-10)18(8-13(14,15)16)12(19)11-3-2-6-17-7-11/h2-3,6-7,9-10H,4-5,8H2,1H3/t9-/m0/s1. The smallest absolute Gasteiger partial charge is 0.327 e. The van der Waals surface area contributed by atoms with E-state index in [0.29, 0.717) is 0 Å². The molecule has 0 radical (unpaired) electrons. The number of hydrogen-bond donors (Lipinski definition) is 0. The SMILES string of the molecule is C[C@@H](C1CC1)N(CC(F)(F)F)C(=O)c1cccnc1. The molecule has 3 nitrogen and oxygen atoms in total. The second kappa shape index (κ2) is 5.19. The fourth-order valence-electron chi connectivity index (χ4n) is 2.08. The summed E-state index contributed by atoms with van der Waals surface area (Å²) in [7, 11) is 0. The van der Waals surface area contributed by atoms with Crippen molar-refractivity contribution in [3.05, 3.63) is 30.1 Å². The van der Waals surface area contributed by atoms with E-state index in [2.05, 4.69) is 4.98 Å². The zero-order valence-corrected chi connectivity index (χ0v) is 10.5. The Balaban J connectivity index is 2.19. The number of rotatable bonds is 4. The van der Waals surface area contributed by atoms with Crippen LogP contribution in [0.1, 0.15) is 30.1 Å². The summed E-state index contributed by atoms with van der Waals surface area (Å²) in [4.78, 5) is 16.9. The fraction of sp³-hybridized carbons (Fsp3) is 0.538. The Morgan fingerprint density at radius 3 is 2.68 bits per heavy atom. The van der Waals surface area contributed by atoms with Gasteiger partial charge < -0.3 is 4.90 Å². The average Bonchev–Trinajstić information content (AvgIpc) is 3.18. The summed E-state index contributed by atoms with van der Waals surface area (Å²) in [5, 5.41) is 0. The summed E-state index contributed by atoms with van der Waals surface area (Å²) in [6, 6.07) is 2.63. The molecule has 0 N–H and O–H groups in total. The lowest BCUT2D eigenvalue weighted by Crippen LogP contribution is -2.45. The third kappa shape index (κ3) is 3.68. The highest BCUT2D eigenvalue weighted by Gasteiger charge is 2.40. The Labute approximate surface area is 109 Å². The molecular formula is C13H15F3N2O. The first-order valence-electron chi connectivity index (χ1n) is 6.16. The maximum Gasteiger partial charge on any atom is 0.406 e. The second-order valence-corrected chi connectivity index (χ2v) is 4.87. The van der Waals surface area contributed by atoms with Gasteiger partial charge in [-0.25, -0.2) is 0 Å². The van der Waals surface area contributed by atoms with E-state index in [1.807, 2.05) is 0 Å². The largest absolute Gasteiger partial charge is 0.406 e. The molecule has 1 saturated carbocycles. The molecule has 1 heterocycles. The van der Waals surface area contributed by atoms with Gasteiger partial charge in [0.1, 0.15) is 6.54 Å². The first-order valence-corrected chi connectivity index (χ1v) is 6.16. The molecule has 1 aromatic rings. The van der Waals surface area contributed by atoms with Gasteiger partial charge in [0.25, 0.3) is 5.91 Å². The zero-order chi connectivity index (χ0) is 14.0. The van der Waals surface area contributed by atoms with Gasteiger partial charge in [-0.3, -0.25) is 9.78 Å². The number of nitrogens with zero attached hydrogens (tertiary/aromatic N) is 2. The van der Waals surface area contributed by atoms with Gasteiger partial charge in [-0.05, 0) is 37.8 Å². The van der Waals surface area contributed by atoms with Crippen LogP contribution in [0, 0.1) is 5.92 Å². The van der Waals surface area contributed by atoms with Crippen LogP contribution in [-0.2, 0) is 0 Å². The average molecular weight is 272 g/mol. The van der Waals surface area contributed by atoms with E-state index in [4.69, 9.17) is 0 Å². The number of alkyl halides is 3. The van der Waals surface area contributed by atoms with Gasteiger partial charge in [-0.2, -0.15) is 13.2 Å². The summed E-state index contributed by atoms with van der Waals surface area (Å²) < 4.78 is 37.8. The lowest BCUT2D eigenvalue weighted by Gasteiger charge is -2.30. The van der Waals surface area contributed by atoms with Crippen LogP contribution in [0.15, 0.2) is 24.5 Å². The van der Waals surface area contributed by atoms with Crippen molar-refractivity contribution >= 4 is 5.91 Å². The van der Waals surface area contributed by atoms with Crippen molar-refractivity contribution in [3.8, 4) is 0 Å². The van der Waals surface area contributed by atoms with Gasteiger partial charge in [0.2, 0.25) is 0 Å². The number of halogens is 3. The van der Waals surface area contributed by atoms with Crippen LogP contribution in [0.25, 0.3) is 0 Å². The van der Waals surface area contributed by atoms with Crippen molar-refractivity contribution < 1.29 is 18.0 Å². The molecule has 0 saturated heterocycles. The second-order valence-electron chi connectivity index (χ2n) is 4.87. The Bertz CT molecular complexity index is 443. The minimum absolute atomic E-state index is 0.183. The number of carbonyl (C=O) groups excluding carboxylic acids is 1. The molecule has 104 valence electrons. The lowest BCUT2D eigenvalue weighted by molar-refractivity contribution is -0.144. The summed E-state index contributed by atoms with van der Waals surface area (Å²) in [6.07, 6.45) is 0.160. The highest BCUT2D eigenvalue weighted by molar-refractivity contribution is 5.94. The highest BCUT2D eigenvalue weighted by Crippen LogP contribution is 2.36. The number of hydrogen-bond acceptors (Lipinski definition) is 2. The summed E-state index contributed by atoms with van der Waals surface area (Å²) in [5.41, 5.74) is 0.194. The molecule has 1 aliphatic carbocycles. The van der Waals surface area contributed by atoms with Crippen molar-refractivity contribution in [2.75, 3.05) is 6.54 Å². The van der Waals surface area contributed by atoms with E-state index in [1.165, 1.54) is 18.5 Å². The van der Waals surface area contributed by atoms with Crippen molar-refractivity contribution in [1.29, 1.82) is 0 Å². The van der Waals surface area contributed by atoms with E-state index < -0.39 is 24.7 Å². The Hall–Kier alpha value is -1.59. The molecule has 19 heavy (non-hydrogen) atoms. The van der Waals surface area contributed by atoms with Crippen LogP contribution < -0.4 is 0 Å². The molecule has 1 fully saturated rings. The number of carbonyl (C=O) groups is 1. The Morgan fingerprint density at radius 1 is 1.53 bits per heavy atom. The molecule has 0 aromatic carbocycles. The van der Waals surface area contributed by atoms with Gasteiger partial charge in [0, 0.05) is 18.4 Å². The predicted molar refractivity (Wildman–Crippen MR) is 63.5 cm³/mol. The lowest BCUT2D eigenvalue weighted by atomic mass is 10.1. The molecule has 1 aromatic heterocycles. The van der Waals surface area contributed by atoms with Crippen LogP contribution in [0.4, 0.5) is 13.2 Å². The van der Waals surface area contributed by atoms with Crippen molar-refractivity contribution in [1.82, 2.24) is 9.88 Å². The first kappa shape index (κ1) is 13.8. The maximum atomic E-state index is 12.6. The Morgan fingerprint density at radius 2 is 2.21 bits per heavy atom. The van der Waals surface area contributed by atoms with Crippen molar-refractivity contribution in [3.63, 3.8) is 0 Å². The molecule has 0 bridgehead atoms. The third-order valence-electron chi connectivity index (χ3n) is 3.31. The minimum Gasteiger partial charge on any atom is -0.327 e. The number of aromatic nitrogens is 1. The molecule has 1 atom stereocenters. The van der Waals surface area contributed by atoms with Crippen LogP contribution in [-0.4, -0.2) is 34.6 Å². The van der Waals surface area contributed by atoms with Gasteiger partial charge in [0.05, 0.1) is 5.56 Å². The molecule has 1 amide bonds. The predicted octanol–water partition coefficient (Wildman–Crippen LogP) is 2.88. The van der Waals surface area contributed by atoms with E-state index in [-0.39, 0.29) is 11.5 Å². The Kier molecular flexibility index (Phi) is 3.78. The zero-order valence-electron chi connectivity index (χ0n) is 10.5. The van der Waals surface area contributed by atoms with Crippen LogP contribution in [0.2, 0.25) is 0 Å². The molecular weight excluding hydrogens is 257 g/mol. The molecule has 0 unspecified atom stereocenters. The molecule has 6 heteroatoms. The molecule has 1 aliphatic rings. The highest BCUT2D eigenvalue weighted by atomic mass is 19.4. The van der Waals surface area contributed by atoms with Gasteiger partial charge in [-0.15, -0.1) is 0 Å². The molecule has 2 rings (SSSR count). The number of amides is 1.